The minimum absolute atomic E-state index is 0.0125. The second-order valence-corrected chi connectivity index (χ2v) is 13.1. The number of carbonyl (C=O) groups is 2. The summed E-state index contributed by atoms with van der Waals surface area (Å²) in [7, 11) is 1.72. The number of hydrogen-bond donors (Lipinski definition) is 1. The zero-order chi connectivity index (χ0) is 32.0. The molecular formula is C37H46N4O4. The van der Waals surface area contributed by atoms with Gasteiger partial charge >= 0.3 is 6.09 Å². The summed E-state index contributed by atoms with van der Waals surface area (Å²) >= 11 is 0. The molecule has 0 aliphatic carbocycles. The first kappa shape index (κ1) is 32.2. The van der Waals surface area contributed by atoms with Crippen LogP contribution in [0.4, 0.5) is 4.79 Å². The highest BCUT2D eigenvalue weighted by atomic mass is 16.5. The molecule has 4 aromatic rings. The number of piperidine rings is 1. The molecule has 5 rings (SSSR count). The molecule has 0 bridgehead atoms. The number of amides is 2. The molecule has 45 heavy (non-hydrogen) atoms. The van der Waals surface area contributed by atoms with Crippen LogP contribution in [0.5, 0.6) is 0 Å². The third-order valence-electron chi connectivity index (χ3n) is 8.76. The van der Waals surface area contributed by atoms with E-state index in [0.717, 1.165) is 59.4 Å². The number of para-hydroxylation sites is 2. The largest absolute Gasteiger partial charge is 0.465 e. The van der Waals surface area contributed by atoms with E-state index in [2.05, 4.69) is 34.9 Å². The van der Waals surface area contributed by atoms with Gasteiger partial charge in [-0.15, -0.1) is 0 Å². The van der Waals surface area contributed by atoms with Gasteiger partial charge in [-0.05, 0) is 75.3 Å². The molecule has 0 spiro atoms. The lowest BCUT2D eigenvalue weighted by Crippen LogP contribution is -2.54. The van der Waals surface area contributed by atoms with Gasteiger partial charge in [0, 0.05) is 57.3 Å². The van der Waals surface area contributed by atoms with Crippen molar-refractivity contribution in [2.45, 2.75) is 76.9 Å². The fourth-order valence-electron chi connectivity index (χ4n) is 6.78. The summed E-state index contributed by atoms with van der Waals surface area (Å²) in [6.45, 7) is 8.39. The number of aromatic nitrogens is 2. The highest BCUT2D eigenvalue weighted by Gasteiger charge is 2.37. The molecule has 0 unspecified atom stereocenters. The molecule has 0 radical (unpaired) electrons. The number of aryl methyl sites for hydroxylation is 1. The van der Waals surface area contributed by atoms with Crippen LogP contribution in [0.15, 0.2) is 78.9 Å². The molecule has 3 aromatic carbocycles. The molecule has 8 nitrogen and oxygen atoms in total. The number of fused-ring (bicyclic) bond motifs is 1. The number of methoxy groups -OCH3 is 1. The Morgan fingerprint density at radius 1 is 1.02 bits per heavy atom. The lowest BCUT2D eigenvalue weighted by molar-refractivity contribution is -0.134. The van der Waals surface area contributed by atoms with Crippen molar-refractivity contribution in [2.24, 2.45) is 0 Å². The molecule has 238 valence electrons. The average Bonchev–Trinajstić information content (AvgIpc) is 3.39. The number of hydrogen-bond acceptors (Lipinski definition) is 4. The predicted molar refractivity (Wildman–Crippen MR) is 178 cm³/mol. The zero-order valence-corrected chi connectivity index (χ0v) is 27.0. The van der Waals surface area contributed by atoms with Gasteiger partial charge in [0.25, 0.3) is 0 Å². The number of ether oxygens (including phenoxy) is 1. The van der Waals surface area contributed by atoms with Crippen LogP contribution in [0, 0.1) is 0 Å². The van der Waals surface area contributed by atoms with Crippen LogP contribution < -0.4 is 0 Å². The van der Waals surface area contributed by atoms with E-state index in [0.29, 0.717) is 26.1 Å². The van der Waals surface area contributed by atoms with Gasteiger partial charge in [0.2, 0.25) is 5.91 Å². The molecule has 2 heterocycles. The second kappa shape index (κ2) is 14.3. The lowest BCUT2D eigenvalue weighted by atomic mass is 9.93. The first-order valence-corrected chi connectivity index (χ1v) is 16.0. The Balaban J connectivity index is 1.38. The van der Waals surface area contributed by atoms with E-state index in [-0.39, 0.29) is 18.2 Å². The third kappa shape index (κ3) is 7.74. The van der Waals surface area contributed by atoms with Crippen LogP contribution in [-0.2, 0) is 22.5 Å². The zero-order valence-electron chi connectivity index (χ0n) is 27.0. The Bertz CT molecular complexity index is 1590. The van der Waals surface area contributed by atoms with E-state index in [9.17, 15) is 14.7 Å². The maximum absolute atomic E-state index is 14.0. The number of likely N-dealkylation sites (tertiary alicyclic amines) is 1. The van der Waals surface area contributed by atoms with Crippen molar-refractivity contribution in [1.29, 1.82) is 0 Å². The summed E-state index contributed by atoms with van der Waals surface area (Å²) < 4.78 is 7.61. The molecule has 1 aliphatic heterocycles. The number of carboxylic acid groups (broad SMARTS) is 1. The van der Waals surface area contributed by atoms with Gasteiger partial charge in [-0.1, -0.05) is 66.7 Å². The van der Waals surface area contributed by atoms with E-state index >= 15 is 0 Å². The van der Waals surface area contributed by atoms with Crippen LogP contribution >= 0.6 is 0 Å². The summed E-state index contributed by atoms with van der Waals surface area (Å²) in [6.07, 6.45) is 2.27. The van der Waals surface area contributed by atoms with Crippen LogP contribution in [0.2, 0.25) is 0 Å². The molecule has 1 aliphatic rings. The van der Waals surface area contributed by atoms with Gasteiger partial charge in [0.1, 0.15) is 5.82 Å². The van der Waals surface area contributed by atoms with Crippen molar-refractivity contribution in [2.75, 3.05) is 26.8 Å². The molecule has 2 amide bonds. The van der Waals surface area contributed by atoms with Gasteiger partial charge in [0.05, 0.1) is 11.0 Å². The average molecular weight is 611 g/mol. The number of carbonyl (C=O) groups excluding carboxylic acids is 1. The molecule has 8 heteroatoms. The molecule has 2 atom stereocenters. The van der Waals surface area contributed by atoms with Crippen molar-refractivity contribution in [3.8, 4) is 11.1 Å². The van der Waals surface area contributed by atoms with Crippen molar-refractivity contribution >= 4 is 23.0 Å². The Morgan fingerprint density at radius 2 is 1.76 bits per heavy atom. The molecule has 0 saturated carbocycles. The molecule has 1 aromatic heterocycles. The van der Waals surface area contributed by atoms with E-state index in [1.54, 1.807) is 7.11 Å². The monoisotopic (exact) mass is 610 g/mol. The van der Waals surface area contributed by atoms with Crippen molar-refractivity contribution in [3.05, 3.63) is 90.3 Å². The highest BCUT2D eigenvalue weighted by molar-refractivity contribution is 5.79. The van der Waals surface area contributed by atoms with Crippen molar-refractivity contribution < 1.29 is 19.4 Å². The first-order chi connectivity index (χ1) is 21.7. The summed E-state index contributed by atoms with van der Waals surface area (Å²) in [5.74, 6) is 1.11. The first-order valence-electron chi connectivity index (χ1n) is 16.0. The molecule has 1 N–H and O–H groups in total. The maximum atomic E-state index is 14.0. The normalized spacial score (nSPS) is 16.1. The summed E-state index contributed by atoms with van der Waals surface area (Å²) in [5, 5.41) is 10.4. The van der Waals surface area contributed by atoms with Gasteiger partial charge in [-0.3, -0.25) is 9.69 Å². The molecule has 1 fully saturated rings. The Labute approximate surface area is 266 Å². The Hall–Kier alpha value is -4.17. The summed E-state index contributed by atoms with van der Waals surface area (Å²) in [6, 6.07) is 26.0. The SMILES string of the molecule is COCCCn1c([C@@H]2CCCN(C(=O)C[C@@H](Cc3cccc(-c4ccccc4)c3)N(C(=O)O)C(C)(C)C)C2)nc2ccccc21. The van der Waals surface area contributed by atoms with Gasteiger partial charge in [-0.2, -0.15) is 0 Å². The van der Waals surface area contributed by atoms with Gasteiger partial charge in [-0.25, -0.2) is 9.78 Å². The highest BCUT2D eigenvalue weighted by Crippen LogP contribution is 2.31. The Kier molecular flexibility index (Phi) is 10.2. The van der Waals surface area contributed by atoms with Crippen LogP contribution in [-0.4, -0.2) is 74.8 Å². The smallest absolute Gasteiger partial charge is 0.408 e. The minimum Gasteiger partial charge on any atom is -0.465 e. The number of nitrogens with zero attached hydrogens (tertiary/aromatic N) is 4. The Morgan fingerprint density at radius 3 is 2.49 bits per heavy atom. The van der Waals surface area contributed by atoms with Crippen LogP contribution in [0.1, 0.15) is 63.8 Å². The van der Waals surface area contributed by atoms with E-state index in [1.807, 2.05) is 74.2 Å². The predicted octanol–water partition coefficient (Wildman–Crippen LogP) is 7.23. The van der Waals surface area contributed by atoms with E-state index in [1.165, 1.54) is 4.90 Å². The molecular weight excluding hydrogens is 564 g/mol. The maximum Gasteiger partial charge on any atom is 0.408 e. The number of rotatable bonds is 11. The second-order valence-electron chi connectivity index (χ2n) is 13.1. The van der Waals surface area contributed by atoms with Crippen LogP contribution in [0.25, 0.3) is 22.2 Å². The standard InChI is InChI=1S/C37H46N4O4/c1-37(2,3)41(36(43)44)31(24-27-13-10-16-29(23-27)28-14-6-5-7-15-28)25-34(42)39-20-11-17-30(26-39)35-38-32-18-8-9-19-33(32)40(35)21-12-22-45-4/h5-10,13-16,18-19,23,30-31H,11-12,17,20-22,24-26H2,1-4H3,(H,43,44)/t30-,31-/m1/s1. The fraction of sp³-hybridized carbons (Fsp3) is 0.432. The summed E-state index contributed by atoms with van der Waals surface area (Å²) in [4.78, 5) is 35.2. The van der Waals surface area contributed by atoms with Gasteiger partial charge in [0.15, 0.2) is 0 Å². The molecule has 1 saturated heterocycles. The number of imidazole rings is 1. The summed E-state index contributed by atoms with van der Waals surface area (Å²) in [5.41, 5.74) is 4.57. The van der Waals surface area contributed by atoms with E-state index in [4.69, 9.17) is 9.72 Å². The third-order valence-corrected chi connectivity index (χ3v) is 8.76. The van der Waals surface area contributed by atoms with Crippen molar-refractivity contribution in [1.82, 2.24) is 19.4 Å². The fourth-order valence-corrected chi connectivity index (χ4v) is 6.78. The van der Waals surface area contributed by atoms with Crippen LogP contribution in [0.3, 0.4) is 0 Å². The lowest BCUT2D eigenvalue weighted by Gasteiger charge is -2.41. The van der Waals surface area contributed by atoms with Gasteiger partial charge < -0.3 is 19.3 Å². The quantitative estimate of drug-likeness (QED) is 0.181. The minimum atomic E-state index is -1.01. The van der Waals surface area contributed by atoms with Crippen molar-refractivity contribution in [3.63, 3.8) is 0 Å². The topological polar surface area (TPSA) is 87.9 Å². The number of benzene rings is 3. The van der Waals surface area contributed by atoms with E-state index < -0.39 is 17.7 Å².